The van der Waals surface area contributed by atoms with Crippen LogP contribution in [0, 0.1) is 5.41 Å². The molecule has 0 aliphatic carbocycles. The quantitative estimate of drug-likeness (QED) is 0.433. The van der Waals surface area contributed by atoms with E-state index < -0.39 is 0 Å². The molecular formula is C27H37NO. The summed E-state index contributed by atoms with van der Waals surface area (Å²) in [6.07, 6.45) is 7.47. The smallest absolute Gasteiger partial charge is 0.170 e. The average Bonchev–Trinajstić information content (AvgIpc) is 3.14. The highest BCUT2D eigenvalue weighted by Gasteiger charge is 2.43. The van der Waals surface area contributed by atoms with Crippen molar-refractivity contribution < 1.29 is 4.79 Å². The number of rotatable bonds is 10. The molecule has 0 saturated carbocycles. The van der Waals surface area contributed by atoms with Crippen LogP contribution in [0.2, 0.25) is 0 Å². The van der Waals surface area contributed by atoms with Gasteiger partial charge in [0.2, 0.25) is 0 Å². The first kappa shape index (κ1) is 21.8. The summed E-state index contributed by atoms with van der Waals surface area (Å²) in [6, 6.07) is 17.2. The van der Waals surface area contributed by atoms with Gasteiger partial charge >= 0.3 is 0 Å². The summed E-state index contributed by atoms with van der Waals surface area (Å²) in [4.78, 5) is 16.2. The highest BCUT2D eigenvalue weighted by molar-refractivity contribution is 6.01. The van der Waals surface area contributed by atoms with E-state index in [1.807, 2.05) is 0 Å². The molecule has 1 aliphatic rings. The summed E-state index contributed by atoms with van der Waals surface area (Å²) < 4.78 is 0. The maximum Gasteiger partial charge on any atom is 0.170 e. The topological polar surface area (TPSA) is 20.3 Å². The Morgan fingerprint density at radius 1 is 0.931 bits per heavy atom. The third-order valence-electron chi connectivity index (χ3n) is 6.40. The van der Waals surface area contributed by atoms with Crippen LogP contribution in [0.25, 0.3) is 0 Å². The zero-order valence-electron chi connectivity index (χ0n) is 18.5. The number of hydrogen-bond acceptors (Lipinski definition) is 2. The number of Topliss-reactive ketones (excluding diaryl/α,β-unsaturated/α-hetero) is 1. The molecule has 2 heteroatoms. The number of hydrogen-bond donors (Lipinski definition) is 0. The van der Waals surface area contributed by atoms with Crippen molar-refractivity contribution in [2.45, 2.75) is 72.3 Å². The van der Waals surface area contributed by atoms with Gasteiger partial charge < -0.3 is 0 Å². The fourth-order valence-corrected chi connectivity index (χ4v) is 5.00. The summed E-state index contributed by atoms with van der Waals surface area (Å²) in [5.41, 5.74) is 4.85. The summed E-state index contributed by atoms with van der Waals surface area (Å²) in [5.74, 6) is 0.371. The monoisotopic (exact) mass is 391 g/mol. The lowest BCUT2D eigenvalue weighted by molar-refractivity contribution is 0.0780. The molecule has 1 heterocycles. The number of nitrogens with zero attached hydrogens (tertiary/aromatic N) is 1. The second-order valence-electron chi connectivity index (χ2n) is 8.79. The Balaban J connectivity index is 1.81. The molecule has 1 fully saturated rings. The van der Waals surface area contributed by atoms with Crippen LogP contribution in [0.15, 0.2) is 48.5 Å². The summed E-state index contributed by atoms with van der Waals surface area (Å²) >= 11 is 0. The van der Waals surface area contributed by atoms with Crippen molar-refractivity contribution in [1.29, 1.82) is 0 Å². The molecule has 0 spiro atoms. The SMILES string of the molecule is CCCc1ccc(C(=O)C2(CCC)CCN(Cc3ccccc3)C2)cc1CCC. The van der Waals surface area contributed by atoms with Crippen molar-refractivity contribution in [2.75, 3.05) is 13.1 Å². The van der Waals surface area contributed by atoms with Crippen LogP contribution in [-0.4, -0.2) is 23.8 Å². The van der Waals surface area contributed by atoms with E-state index in [0.29, 0.717) is 5.78 Å². The minimum atomic E-state index is -0.223. The number of carbonyl (C=O) groups excluding carboxylic acids is 1. The van der Waals surface area contributed by atoms with Gasteiger partial charge in [-0.3, -0.25) is 9.69 Å². The van der Waals surface area contributed by atoms with Gasteiger partial charge in [-0.2, -0.15) is 0 Å². The van der Waals surface area contributed by atoms with E-state index in [1.54, 1.807) is 0 Å². The van der Waals surface area contributed by atoms with Crippen molar-refractivity contribution >= 4 is 5.78 Å². The van der Waals surface area contributed by atoms with Crippen molar-refractivity contribution in [2.24, 2.45) is 5.41 Å². The molecule has 156 valence electrons. The molecule has 0 amide bonds. The maximum absolute atomic E-state index is 13.8. The third-order valence-corrected chi connectivity index (χ3v) is 6.40. The molecule has 1 unspecified atom stereocenters. The molecule has 0 N–H and O–H groups in total. The Morgan fingerprint density at radius 3 is 2.34 bits per heavy atom. The van der Waals surface area contributed by atoms with Crippen LogP contribution in [0.4, 0.5) is 0 Å². The predicted molar refractivity (Wildman–Crippen MR) is 122 cm³/mol. The number of ketones is 1. The Bertz CT molecular complexity index is 797. The molecule has 2 aromatic carbocycles. The molecule has 1 saturated heterocycles. The molecule has 1 atom stereocenters. The normalized spacial score (nSPS) is 19.6. The lowest BCUT2D eigenvalue weighted by atomic mass is 9.75. The van der Waals surface area contributed by atoms with Gasteiger partial charge in [-0.15, -0.1) is 0 Å². The van der Waals surface area contributed by atoms with E-state index in [-0.39, 0.29) is 5.41 Å². The second-order valence-corrected chi connectivity index (χ2v) is 8.79. The van der Waals surface area contributed by atoms with Gasteiger partial charge in [-0.05, 0) is 55.0 Å². The van der Waals surface area contributed by atoms with Gasteiger partial charge in [0.15, 0.2) is 5.78 Å². The van der Waals surface area contributed by atoms with Crippen LogP contribution in [0.1, 0.15) is 79.9 Å². The Hall–Kier alpha value is -1.93. The van der Waals surface area contributed by atoms with Crippen LogP contribution >= 0.6 is 0 Å². The van der Waals surface area contributed by atoms with Gasteiger partial charge in [0.1, 0.15) is 0 Å². The van der Waals surface area contributed by atoms with E-state index >= 15 is 0 Å². The maximum atomic E-state index is 13.8. The van der Waals surface area contributed by atoms with Crippen LogP contribution in [-0.2, 0) is 19.4 Å². The zero-order chi connectivity index (χ0) is 20.7. The average molecular weight is 392 g/mol. The lowest BCUT2D eigenvalue weighted by Gasteiger charge is -2.28. The van der Waals surface area contributed by atoms with Gasteiger partial charge in [-0.1, -0.05) is 82.5 Å². The number of aryl methyl sites for hydroxylation is 2. The van der Waals surface area contributed by atoms with Crippen LogP contribution in [0.5, 0.6) is 0 Å². The van der Waals surface area contributed by atoms with E-state index in [0.717, 1.165) is 70.1 Å². The Labute approximate surface area is 177 Å². The van der Waals surface area contributed by atoms with Crippen molar-refractivity contribution in [3.8, 4) is 0 Å². The third kappa shape index (κ3) is 5.17. The fourth-order valence-electron chi connectivity index (χ4n) is 5.00. The standard InChI is InChI=1S/C27H37NO/c1-4-10-23-14-15-25(19-24(23)11-5-2)26(29)27(16-6-3)17-18-28(21-27)20-22-12-8-7-9-13-22/h7-9,12-15,19H,4-6,10-11,16-18,20-21H2,1-3H3. The molecule has 3 rings (SSSR count). The Kier molecular flexibility index (Phi) is 7.66. The largest absolute Gasteiger partial charge is 0.298 e. The van der Waals surface area contributed by atoms with E-state index in [2.05, 4.69) is 74.2 Å². The second kappa shape index (κ2) is 10.2. The van der Waals surface area contributed by atoms with E-state index in [9.17, 15) is 4.79 Å². The molecular weight excluding hydrogens is 354 g/mol. The molecule has 2 nitrogen and oxygen atoms in total. The van der Waals surface area contributed by atoms with Crippen molar-refractivity contribution in [3.05, 3.63) is 70.8 Å². The number of carbonyl (C=O) groups is 1. The minimum absolute atomic E-state index is 0.223. The first-order valence-electron chi connectivity index (χ1n) is 11.5. The molecule has 0 bridgehead atoms. The van der Waals surface area contributed by atoms with Gasteiger partial charge in [0, 0.05) is 24.1 Å². The molecule has 2 aromatic rings. The van der Waals surface area contributed by atoms with E-state index in [4.69, 9.17) is 0 Å². The highest BCUT2D eigenvalue weighted by atomic mass is 16.1. The number of likely N-dealkylation sites (tertiary alicyclic amines) is 1. The summed E-state index contributed by atoms with van der Waals surface area (Å²) in [5, 5.41) is 0. The van der Waals surface area contributed by atoms with E-state index in [1.165, 1.54) is 16.7 Å². The van der Waals surface area contributed by atoms with Gasteiger partial charge in [-0.25, -0.2) is 0 Å². The lowest BCUT2D eigenvalue weighted by Crippen LogP contribution is -2.35. The first-order chi connectivity index (χ1) is 14.1. The summed E-state index contributed by atoms with van der Waals surface area (Å²) in [7, 11) is 0. The van der Waals surface area contributed by atoms with Crippen LogP contribution in [0.3, 0.4) is 0 Å². The van der Waals surface area contributed by atoms with Gasteiger partial charge in [0.05, 0.1) is 0 Å². The Morgan fingerprint density at radius 2 is 1.66 bits per heavy atom. The van der Waals surface area contributed by atoms with Crippen molar-refractivity contribution in [3.63, 3.8) is 0 Å². The molecule has 1 aliphatic heterocycles. The fraction of sp³-hybridized carbons (Fsp3) is 0.519. The molecule has 0 radical (unpaired) electrons. The predicted octanol–water partition coefficient (Wildman–Crippen LogP) is 6.47. The highest BCUT2D eigenvalue weighted by Crippen LogP contribution is 2.39. The minimum Gasteiger partial charge on any atom is -0.298 e. The van der Waals surface area contributed by atoms with Crippen molar-refractivity contribution in [1.82, 2.24) is 4.90 Å². The first-order valence-corrected chi connectivity index (χ1v) is 11.5. The molecule has 0 aromatic heterocycles. The van der Waals surface area contributed by atoms with Gasteiger partial charge in [0.25, 0.3) is 0 Å². The molecule has 29 heavy (non-hydrogen) atoms. The number of benzene rings is 2. The summed E-state index contributed by atoms with van der Waals surface area (Å²) in [6.45, 7) is 9.49. The van der Waals surface area contributed by atoms with Crippen LogP contribution < -0.4 is 0 Å². The zero-order valence-corrected chi connectivity index (χ0v) is 18.5.